The van der Waals surface area contributed by atoms with Crippen LogP contribution in [0.3, 0.4) is 0 Å². The van der Waals surface area contributed by atoms with Gasteiger partial charge in [0.25, 0.3) is 0 Å². The summed E-state index contributed by atoms with van der Waals surface area (Å²) in [7, 11) is 1.49. The summed E-state index contributed by atoms with van der Waals surface area (Å²) < 4.78 is 11.0. The van der Waals surface area contributed by atoms with Crippen molar-refractivity contribution in [2.75, 3.05) is 20.2 Å². The Morgan fingerprint density at radius 2 is 1.78 bits per heavy atom. The molecule has 3 unspecified atom stereocenters. The molecular formula is C35H52N4O6. The van der Waals surface area contributed by atoms with Crippen molar-refractivity contribution in [2.45, 2.75) is 103 Å². The number of aliphatic hydroxyl groups is 1. The number of rotatable bonds is 20. The Morgan fingerprint density at radius 1 is 1.04 bits per heavy atom. The molecule has 1 saturated heterocycles. The van der Waals surface area contributed by atoms with Crippen LogP contribution in [0.1, 0.15) is 87.8 Å². The predicted octanol–water partition coefficient (Wildman–Crippen LogP) is 4.61. The van der Waals surface area contributed by atoms with Crippen LogP contribution in [0.15, 0.2) is 47.5 Å². The van der Waals surface area contributed by atoms with Gasteiger partial charge in [-0.05, 0) is 61.6 Å². The Hall–Kier alpha value is -3.79. The van der Waals surface area contributed by atoms with Crippen molar-refractivity contribution in [1.82, 2.24) is 4.90 Å². The zero-order valence-corrected chi connectivity index (χ0v) is 27.0. The number of ether oxygens (including phenoxy) is 2. The number of hydrogen-bond donors (Lipinski definition) is 4. The minimum Gasteiger partial charge on any atom is -0.504 e. The summed E-state index contributed by atoms with van der Waals surface area (Å²) in [5, 5.41) is 21.6. The van der Waals surface area contributed by atoms with Crippen molar-refractivity contribution in [3.63, 3.8) is 0 Å². The van der Waals surface area contributed by atoms with Gasteiger partial charge in [0.15, 0.2) is 17.5 Å². The van der Waals surface area contributed by atoms with Gasteiger partial charge >= 0.3 is 5.97 Å². The molecule has 2 aromatic carbocycles. The van der Waals surface area contributed by atoms with E-state index in [0.717, 1.165) is 31.2 Å². The number of aliphatic imine (C=N–C) groups is 1. The lowest BCUT2D eigenvalue weighted by Gasteiger charge is -2.22. The monoisotopic (exact) mass is 624 g/mol. The molecule has 45 heavy (non-hydrogen) atoms. The van der Waals surface area contributed by atoms with Crippen molar-refractivity contribution in [3.05, 3.63) is 59.2 Å². The lowest BCUT2D eigenvalue weighted by Crippen LogP contribution is -2.25. The average Bonchev–Trinajstić information content (AvgIpc) is 3.35. The number of phenols is 1. The van der Waals surface area contributed by atoms with Gasteiger partial charge in [0, 0.05) is 45.0 Å². The summed E-state index contributed by atoms with van der Waals surface area (Å²) in [6, 6.07) is 14.2. The first-order chi connectivity index (χ1) is 21.6. The van der Waals surface area contributed by atoms with Gasteiger partial charge in [-0.25, -0.2) is 0 Å². The van der Waals surface area contributed by atoms with Crippen LogP contribution in [0.4, 0.5) is 0 Å². The zero-order chi connectivity index (χ0) is 32.6. The van der Waals surface area contributed by atoms with Crippen LogP contribution in [0.25, 0.3) is 0 Å². The summed E-state index contributed by atoms with van der Waals surface area (Å²) in [5.74, 6) is 0.150. The number of amides is 1. The van der Waals surface area contributed by atoms with E-state index in [2.05, 4.69) is 29.3 Å². The molecule has 248 valence electrons. The van der Waals surface area contributed by atoms with Gasteiger partial charge in [-0.2, -0.15) is 0 Å². The first-order valence-electron chi connectivity index (χ1n) is 16.3. The molecule has 3 atom stereocenters. The number of nitrogens with zero attached hydrogens (tertiary/aromatic N) is 2. The Kier molecular flexibility index (Phi) is 15.0. The molecule has 1 amide bonds. The zero-order valence-electron chi connectivity index (χ0n) is 27.0. The van der Waals surface area contributed by atoms with Crippen molar-refractivity contribution < 1.29 is 29.3 Å². The highest BCUT2D eigenvalue weighted by atomic mass is 16.5. The lowest BCUT2D eigenvalue weighted by atomic mass is 9.98. The van der Waals surface area contributed by atoms with Crippen LogP contribution in [-0.4, -0.2) is 65.4 Å². The molecule has 0 saturated carbocycles. The van der Waals surface area contributed by atoms with E-state index in [1.165, 1.54) is 32.4 Å². The maximum absolute atomic E-state index is 12.7. The summed E-state index contributed by atoms with van der Waals surface area (Å²) in [4.78, 5) is 30.3. The quantitative estimate of drug-likeness (QED) is 0.0719. The molecule has 1 aliphatic heterocycles. The fraction of sp³-hybridized carbons (Fsp3) is 0.571. The predicted molar refractivity (Wildman–Crippen MR) is 176 cm³/mol. The number of nitrogens with two attached hydrogens (primary N) is 2. The van der Waals surface area contributed by atoms with E-state index < -0.39 is 12.2 Å². The highest BCUT2D eigenvalue weighted by molar-refractivity contribution is 5.79. The van der Waals surface area contributed by atoms with Gasteiger partial charge in [-0.3, -0.25) is 14.6 Å². The van der Waals surface area contributed by atoms with Crippen LogP contribution in [0.5, 0.6) is 11.5 Å². The maximum Gasteiger partial charge on any atom is 0.302 e. The van der Waals surface area contributed by atoms with Crippen LogP contribution >= 0.6 is 0 Å². The molecule has 10 heteroatoms. The van der Waals surface area contributed by atoms with Crippen LogP contribution < -0.4 is 16.2 Å². The number of guanidine groups is 1. The third-order valence-electron chi connectivity index (χ3n) is 8.39. The van der Waals surface area contributed by atoms with Crippen molar-refractivity contribution in [2.24, 2.45) is 22.4 Å². The van der Waals surface area contributed by atoms with E-state index >= 15 is 0 Å². The van der Waals surface area contributed by atoms with Crippen LogP contribution in [-0.2, 0) is 33.7 Å². The number of carbonyl (C=O) groups excluding carboxylic acids is 2. The highest BCUT2D eigenvalue weighted by Crippen LogP contribution is 2.34. The number of benzene rings is 2. The number of unbranched alkanes of at least 4 members (excludes halogenated alkanes) is 4. The van der Waals surface area contributed by atoms with E-state index in [9.17, 15) is 19.8 Å². The first kappa shape index (κ1) is 35.7. The van der Waals surface area contributed by atoms with Crippen molar-refractivity contribution in [1.29, 1.82) is 0 Å². The number of carbonyl (C=O) groups is 2. The normalized spacial score (nSPS) is 15.9. The number of hydrogen-bond acceptors (Lipinski definition) is 7. The number of aryl methyl sites for hydroxylation is 2. The van der Waals surface area contributed by atoms with Gasteiger partial charge in [-0.1, -0.05) is 62.1 Å². The molecule has 2 aromatic rings. The molecule has 1 fully saturated rings. The van der Waals surface area contributed by atoms with Crippen molar-refractivity contribution >= 4 is 17.8 Å². The molecule has 1 heterocycles. The number of methoxy groups -OCH3 is 1. The maximum atomic E-state index is 12.7. The molecular weight excluding hydrogens is 572 g/mol. The van der Waals surface area contributed by atoms with Gasteiger partial charge in [-0.15, -0.1) is 0 Å². The van der Waals surface area contributed by atoms with Gasteiger partial charge in [0.1, 0.15) is 6.10 Å². The second-order valence-electron chi connectivity index (χ2n) is 12.2. The Bertz CT molecular complexity index is 1230. The molecule has 0 aliphatic carbocycles. The van der Waals surface area contributed by atoms with E-state index in [1.54, 1.807) is 11.0 Å². The molecule has 3 rings (SSSR count). The topological polar surface area (TPSA) is 161 Å². The average molecular weight is 625 g/mol. The third-order valence-corrected chi connectivity index (χ3v) is 8.39. The standard InChI is InChI=1S/C35H52N4O6/c1-25(40)45-31(22-30(41)14-10-5-3-4-7-11-26-12-8-6-9-13-26)16-15-27-19-29(34(43)32(20-27)44-2)24-39-23-28(21-33(39)42)17-18-38-35(36)37/h6,8-9,12-13,19-20,28,30-31,41,43H,3-5,7,10-11,14-18,21-24H2,1-2H3,(H4,36,37,38). The fourth-order valence-electron chi connectivity index (χ4n) is 6.02. The van der Waals surface area contributed by atoms with Gasteiger partial charge in [0.05, 0.1) is 13.2 Å². The second kappa shape index (κ2) is 18.9. The molecule has 10 nitrogen and oxygen atoms in total. The lowest BCUT2D eigenvalue weighted by molar-refractivity contribution is -0.148. The number of likely N-dealkylation sites (tertiary alicyclic amines) is 1. The fourth-order valence-corrected chi connectivity index (χ4v) is 6.02. The Morgan fingerprint density at radius 3 is 2.49 bits per heavy atom. The minimum atomic E-state index is -0.551. The van der Waals surface area contributed by atoms with Gasteiger partial charge < -0.3 is 36.1 Å². The van der Waals surface area contributed by atoms with Crippen LogP contribution in [0.2, 0.25) is 0 Å². The smallest absolute Gasteiger partial charge is 0.302 e. The van der Waals surface area contributed by atoms with E-state index in [0.29, 0.717) is 62.9 Å². The SMILES string of the molecule is COc1cc(CCC(CC(O)CCCCCCCc2ccccc2)OC(C)=O)cc(CN2CC(CCN=C(N)N)CC2=O)c1O. The number of aliphatic hydroxyl groups excluding tert-OH is 1. The van der Waals surface area contributed by atoms with E-state index in [-0.39, 0.29) is 36.0 Å². The van der Waals surface area contributed by atoms with E-state index in [4.69, 9.17) is 20.9 Å². The molecule has 0 spiro atoms. The van der Waals surface area contributed by atoms with Crippen LogP contribution in [0, 0.1) is 5.92 Å². The number of esters is 1. The second-order valence-corrected chi connectivity index (χ2v) is 12.2. The van der Waals surface area contributed by atoms with Crippen molar-refractivity contribution in [3.8, 4) is 11.5 Å². The van der Waals surface area contributed by atoms with Gasteiger partial charge in [0.2, 0.25) is 5.91 Å². The first-order valence-corrected chi connectivity index (χ1v) is 16.3. The summed E-state index contributed by atoms with van der Waals surface area (Å²) in [5.41, 5.74) is 13.7. The largest absolute Gasteiger partial charge is 0.504 e. The summed E-state index contributed by atoms with van der Waals surface area (Å²) in [6.07, 6.45) is 8.81. The van der Waals surface area contributed by atoms with E-state index in [1.807, 2.05) is 12.1 Å². The number of phenolic OH excluding ortho intramolecular Hbond substituents is 1. The third kappa shape index (κ3) is 13.0. The summed E-state index contributed by atoms with van der Waals surface area (Å²) >= 11 is 0. The number of aromatic hydroxyl groups is 1. The molecule has 0 bridgehead atoms. The molecule has 0 radical (unpaired) electrons. The highest BCUT2D eigenvalue weighted by Gasteiger charge is 2.30. The molecule has 1 aliphatic rings. The summed E-state index contributed by atoms with van der Waals surface area (Å²) in [6.45, 7) is 2.67. The minimum absolute atomic E-state index is 0.00466. The molecule has 6 N–H and O–H groups in total. The molecule has 0 aromatic heterocycles. The Labute approximate surface area is 267 Å². The Balaban J connectivity index is 1.48.